The number of nitrogens with one attached hydrogen (secondary N) is 3. The third-order valence-corrected chi connectivity index (χ3v) is 5.44. The first-order chi connectivity index (χ1) is 17.5. The van der Waals surface area contributed by atoms with Crippen LogP contribution in [0.1, 0.15) is 63.5 Å². The SMILES string of the molecule is C[C@H](NC(=O)CCCCC(=O)ON1C(=O)CCC1=O)C(=O)N[C@@H](C)C(=O)Nc1cc(CO)cc(CO)c1. The molecule has 1 heterocycles. The fourth-order valence-electron chi connectivity index (χ4n) is 3.41. The lowest BCUT2D eigenvalue weighted by Crippen LogP contribution is -2.50. The molecule has 1 aliphatic rings. The van der Waals surface area contributed by atoms with E-state index < -0.39 is 47.6 Å². The second-order valence-corrected chi connectivity index (χ2v) is 8.62. The van der Waals surface area contributed by atoms with Gasteiger partial charge < -0.3 is 31.0 Å². The molecular weight excluding hydrogens is 488 g/mol. The molecule has 0 unspecified atom stereocenters. The highest BCUT2D eigenvalue weighted by Crippen LogP contribution is 2.16. The summed E-state index contributed by atoms with van der Waals surface area (Å²) in [6.07, 6.45) is 0.524. The predicted octanol–water partition coefficient (Wildman–Crippen LogP) is -0.213. The number of unbranched alkanes of at least 4 members (excludes halogenated alkanes) is 1. The number of anilines is 1. The van der Waals surface area contributed by atoms with E-state index in [0.29, 0.717) is 28.3 Å². The van der Waals surface area contributed by atoms with E-state index in [-0.39, 0.29) is 45.3 Å². The van der Waals surface area contributed by atoms with Gasteiger partial charge in [-0.3, -0.25) is 24.0 Å². The van der Waals surface area contributed by atoms with E-state index in [0.717, 1.165) is 0 Å². The number of rotatable bonds is 13. The van der Waals surface area contributed by atoms with Crippen LogP contribution in [-0.2, 0) is 46.8 Å². The van der Waals surface area contributed by atoms with Gasteiger partial charge in [0.1, 0.15) is 12.1 Å². The normalized spacial score (nSPS) is 14.6. The van der Waals surface area contributed by atoms with E-state index in [1.54, 1.807) is 18.2 Å². The quantitative estimate of drug-likeness (QED) is 0.173. The van der Waals surface area contributed by atoms with Crippen molar-refractivity contribution in [3.63, 3.8) is 0 Å². The number of nitrogens with zero attached hydrogens (tertiary/aromatic N) is 1. The summed E-state index contributed by atoms with van der Waals surface area (Å²) in [5.74, 6) is -3.43. The Morgan fingerprint density at radius 2 is 1.41 bits per heavy atom. The molecule has 13 nitrogen and oxygen atoms in total. The molecule has 2 atom stereocenters. The summed E-state index contributed by atoms with van der Waals surface area (Å²) in [6.45, 7) is 2.38. The molecule has 0 aromatic heterocycles. The molecule has 0 bridgehead atoms. The van der Waals surface area contributed by atoms with Crippen LogP contribution >= 0.6 is 0 Å². The molecule has 1 aromatic rings. The molecule has 0 saturated carbocycles. The maximum absolute atomic E-state index is 12.4. The van der Waals surface area contributed by atoms with E-state index in [9.17, 15) is 39.0 Å². The van der Waals surface area contributed by atoms with Crippen LogP contribution < -0.4 is 16.0 Å². The van der Waals surface area contributed by atoms with Crippen LogP contribution in [0.4, 0.5) is 5.69 Å². The zero-order chi connectivity index (χ0) is 27.5. The standard InChI is InChI=1S/C24H32N4O9/c1-14(25-19(31)5-3-4-6-22(34)37-28-20(32)7-8-21(28)33)23(35)26-15(2)24(36)27-18-10-16(12-29)9-17(11-18)13-30/h9-11,14-15,29-30H,3-8,12-13H2,1-2H3,(H,25,31)(H,26,35)(H,27,36)/t14-,15-/m0/s1. The summed E-state index contributed by atoms with van der Waals surface area (Å²) in [5.41, 5.74) is 1.36. The summed E-state index contributed by atoms with van der Waals surface area (Å²) in [4.78, 5) is 76.3. The number of aliphatic hydroxyl groups excluding tert-OH is 2. The molecule has 1 aromatic carbocycles. The van der Waals surface area contributed by atoms with Crippen molar-refractivity contribution in [3.8, 4) is 0 Å². The first kappa shape index (κ1) is 29.4. The van der Waals surface area contributed by atoms with Gasteiger partial charge in [-0.05, 0) is 49.9 Å². The largest absolute Gasteiger partial charge is 0.392 e. The van der Waals surface area contributed by atoms with E-state index in [1.807, 2.05) is 0 Å². The average molecular weight is 521 g/mol. The fraction of sp³-hybridized carbons (Fsp3) is 0.500. The Morgan fingerprint density at radius 1 is 0.865 bits per heavy atom. The Bertz CT molecular complexity index is 1000. The molecule has 1 fully saturated rings. The number of amides is 5. The van der Waals surface area contributed by atoms with E-state index in [2.05, 4.69) is 16.0 Å². The first-order valence-electron chi connectivity index (χ1n) is 11.9. The van der Waals surface area contributed by atoms with Gasteiger partial charge in [0.25, 0.3) is 11.8 Å². The minimum atomic E-state index is -0.942. The number of hydrogen-bond acceptors (Lipinski definition) is 9. The molecule has 5 N–H and O–H groups in total. The third-order valence-electron chi connectivity index (χ3n) is 5.44. The molecule has 2 rings (SSSR count). The Kier molecular flexibility index (Phi) is 11.2. The molecule has 0 spiro atoms. The molecule has 202 valence electrons. The summed E-state index contributed by atoms with van der Waals surface area (Å²) in [7, 11) is 0. The van der Waals surface area contributed by atoms with Crippen molar-refractivity contribution in [2.45, 2.75) is 77.7 Å². The van der Waals surface area contributed by atoms with E-state index in [1.165, 1.54) is 13.8 Å². The van der Waals surface area contributed by atoms with Crippen molar-refractivity contribution < 1.29 is 43.8 Å². The highest BCUT2D eigenvalue weighted by atomic mass is 16.7. The summed E-state index contributed by atoms with van der Waals surface area (Å²) in [6, 6.07) is 2.80. The number of hydroxylamine groups is 2. The van der Waals surface area contributed by atoms with Gasteiger partial charge in [-0.2, -0.15) is 0 Å². The molecular formula is C24H32N4O9. The minimum absolute atomic E-state index is 0.00542. The van der Waals surface area contributed by atoms with Crippen LogP contribution in [0, 0.1) is 0 Å². The topological polar surface area (TPSA) is 191 Å². The Labute approximate surface area is 213 Å². The van der Waals surface area contributed by atoms with Gasteiger partial charge in [0.05, 0.1) is 13.2 Å². The number of benzene rings is 1. The molecule has 0 aliphatic carbocycles. The van der Waals surface area contributed by atoms with Gasteiger partial charge in [-0.1, -0.05) is 6.07 Å². The Hall–Kier alpha value is -3.84. The van der Waals surface area contributed by atoms with Crippen molar-refractivity contribution in [2.75, 3.05) is 5.32 Å². The fourth-order valence-corrected chi connectivity index (χ4v) is 3.41. The number of carbonyl (C=O) groups excluding carboxylic acids is 6. The van der Waals surface area contributed by atoms with E-state index in [4.69, 9.17) is 4.84 Å². The second-order valence-electron chi connectivity index (χ2n) is 8.62. The van der Waals surface area contributed by atoms with Crippen LogP contribution in [0.2, 0.25) is 0 Å². The monoisotopic (exact) mass is 520 g/mol. The molecule has 0 radical (unpaired) electrons. The first-order valence-corrected chi connectivity index (χ1v) is 11.9. The summed E-state index contributed by atoms with van der Waals surface area (Å²) in [5, 5.41) is 26.7. The molecule has 13 heteroatoms. The highest BCUT2D eigenvalue weighted by Gasteiger charge is 2.32. The molecule has 1 aliphatic heterocycles. The van der Waals surface area contributed by atoms with Gasteiger partial charge >= 0.3 is 5.97 Å². The van der Waals surface area contributed by atoms with Crippen molar-refractivity contribution in [1.29, 1.82) is 0 Å². The lowest BCUT2D eigenvalue weighted by Gasteiger charge is -2.19. The average Bonchev–Trinajstić information content (AvgIpc) is 3.18. The zero-order valence-corrected chi connectivity index (χ0v) is 20.7. The summed E-state index contributed by atoms with van der Waals surface area (Å²) >= 11 is 0. The van der Waals surface area contributed by atoms with Crippen molar-refractivity contribution in [2.24, 2.45) is 0 Å². The van der Waals surface area contributed by atoms with Crippen LogP contribution in [-0.4, -0.2) is 62.9 Å². The number of imide groups is 1. The van der Waals surface area contributed by atoms with Gasteiger partial charge in [0.15, 0.2) is 0 Å². The van der Waals surface area contributed by atoms with Crippen LogP contribution in [0.25, 0.3) is 0 Å². The lowest BCUT2D eigenvalue weighted by atomic mass is 10.1. The Balaban J connectivity index is 1.70. The van der Waals surface area contributed by atoms with Gasteiger partial charge in [-0.15, -0.1) is 5.06 Å². The number of hydrogen-bond donors (Lipinski definition) is 5. The number of carbonyl (C=O) groups is 6. The van der Waals surface area contributed by atoms with Crippen LogP contribution in [0.3, 0.4) is 0 Å². The zero-order valence-electron chi connectivity index (χ0n) is 20.7. The van der Waals surface area contributed by atoms with Crippen molar-refractivity contribution in [3.05, 3.63) is 29.3 Å². The van der Waals surface area contributed by atoms with Crippen molar-refractivity contribution in [1.82, 2.24) is 15.7 Å². The third kappa shape index (κ3) is 9.28. The molecule has 5 amide bonds. The van der Waals surface area contributed by atoms with Gasteiger partial charge in [-0.25, -0.2) is 4.79 Å². The maximum Gasteiger partial charge on any atom is 0.333 e. The van der Waals surface area contributed by atoms with E-state index >= 15 is 0 Å². The minimum Gasteiger partial charge on any atom is -0.392 e. The maximum atomic E-state index is 12.4. The lowest BCUT2D eigenvalue weighted by molar-refractivity contribution is -0.197. The molecule has 1 saturated heterocycles. The smallest absolute Gasteiger partial charge is 0.333 e. The predicted molar refractivity (Wildman–Crippen MR) is 128 cm³/mol. The highest BCUT2D eigenvalue weighted by molar-refractivity contribution is 6.01. The summed E-state index contributed by atoms with van der Waals surface area (Å²) < 4.78 is 0. The van der Waals surface area contributed by atoms with Gasteiger partial charge in [0.2, 0.25) is 17.7 Å². The number of aliphatic hydroxyl groups is 2. The molecule has 37 heavy (non-hydrogen) atoms. The van der Waals surface area contributed by atoms with Gasteiger partial charge in [0, 0.05) is 31.4 Å². The van der Waals surface area contributed by atoms with Crippen molar-refractivity contribution >= 4 is 41.2 Å². The second kappa shape index (κ2) is 14.0. The van der Waals surface area contributed by atoms with Crippen LogP contribution in [0.5, 0.6) is 0 Å². The van der Waals surface area contributed by atoms with Crippen LogP contribution in [0.15, 0.2) is 18.2 Å². The Morgan fingerprint density at radius 3 is 1.97 bits per heavy atom.